The Morgan fingerprint density at radius 2 is 1.88 bits per heavy atom. The van der Waals surface area contributed by atoms with Gasteiger partial charge in [0.1, 0.15) is 11.4 Å². The summed E-state index contributed by atoms with van der Waals surface area (Å²) in [5.41, 5.74) is 3.12. The molecule has 32 heavy (non-hydrogen) atoms. The normalized spacial score (nSPS) is 20.5. The molecule has 1 spiro atoms. The van der Waals surface area contributed by atoms with Crippen LogP contribution in [0.15, 0.2) is 36.4 Å². The van der Waals surface area contributed by atoms with E-state index in [1.54, 1.807) is 11.9 Å². The molecule has 1 amide bonds. The second kappa shape index (κ2) is 7.89. The van der Waals surface area contributed by atoms with Crippen LogP contribution in [0, 0.1) is 12.3 Å². The van der Waals surface area contributed by atoms with Crippen LogP contribution < -0.4 is 9.64 Å². The van der Waals surface area contributed by atoms with Crippen molar-refractivity contribution in [2.45, 2.75) is 26.3 Å². The zero-order valence-corrected chi connectivity index (χ0v) is 18.7. The van der Waals surface area contributed by atoms with Gasteiger partial charge in [-0.2, -0.15) is 20.0 Å². The Morgan fingerprint density at radius 3 is 2.66 bits per heavy atom. The van der Waals surface area contributed by atoms with Crippen molar-refractivity contribution in [3.63, 3.8) is 0 Å². The van der Waals surface area contributed by atoms with Gasteiger partial charge in [0.05, 0.1) is 19.1 Å². The summed E-state index contributed by atoms with van der Waals surface area (Å²) < 4.78 is 5.30. The molecule has 0 radical (unpaired) electrons. The molecule has 9 nitrogen and oxygen atoms in total. The van der Waals surface area contributed by atoms with Crippen molar-refractivity contribution in [1.29, 1.82) is 0 Å². The van der Waals surface area contributed by atoms with Crippen molar-refractivity contribution in [3.05, 3.63) is 47.8 Å². The molecule has 5 rings (SSSR count). The quantitative estimate of drug-likeness (QED) is 0.609. The Balaban J connectivity index is 1.34. The van der Waals surface area contributed by atoms with Gasteiger partial charge in [-0.15, -0.1) is 0 Å². The number of aryl methyl sites for hydroxylation is 2. The molecule has 4 heterocycles. The molecule has 3 aromatic rings. The van der Waals surface area contributed by atoms with Crippen molar-refractivity contribution in [1.82, 2.24) is 29.9 Å². The molecule has 1 atom stereocenters. The van der Waals surface area contributed by atoms with Crippen LogP contribution in [0.4, 0.5) is 5.95 Å². The Labute approximate surface area is 187 Å². The van der Waals surface area contributed by atoms with E-state index < -0.39 is 5.41 Å². The standard InChI is InChI=1S/C23H27N7O2/c1-16-13-19(32-3)25-22(24-16)30-12-10-23(15-30)9-11-29(21(23)31)14-18-20(27-28(2)26-18)17-7-5-4-6-8-17/h4-8,13H,9-12,14-15H2,1-3H3. The molecule has 2 aliphatic heterocycles. The summed E-state index contributed by atoms with van der Waals surface area (Å²) in [7, 11) is 3.42. The predicted octanol–water partition coefficient (Wildman–Crippen LogP) is 2.22. The van der Waals surface area contributed by atoms with Gasteiger partial charge in [0.25, 0.3) is 0 Å². The van der Waals surface area contributed by atoms with E-state index in [0.29, 0.717) is 24.9 Å². The fourth-order valence-corrected chi connectivity index (χ4v) is 4.79. The average Bonchev–Trinajstić information content (AvgIpc) is 3.48. The summed E-state index contributed by atoms with van der Waals surface area (Å²) in [5.74, 6) is 1.36. The fourth-order valence-electron chi connectivity index (χ4n) is 4.79. The second-order valence-electron chi connectivity index (χ2n) is 8.63. The highest BCUT2D eigenvalue weighted by Gasteiger charge is 2.51. The van der Waals surface area contributed by atoms with Gasteiger partial charge in [-0.3, -0.25) is 4.79 Å². The van der Waals surface area contributed by atoms with Gasteiger partial charge in [0.2, 0.25) is 17.7 Å². The van der Waals surface area contributed by atoms with E-state index in [-0.39, 0.29) is 5.91 Å². The van der Waals surface area contributed by atoms with Crippen LogP contribution in [0.1, 0.15) is 24.2 Å². The van der Waals surface area contributed by atoms with Gasteiger partial charge < -0.3 is 14.5 Å². The molecular weight excluding hydrogens is 406 g/mol. The number of nitrogens with zero attached hydrogens (tertiary/aromatic N) is 7. The highest BCUT2D eigenvalue weighted by molar-refractivity contribution is 5.86. The van der Waals surface area contributed by atoms with Crippen LogP contribution in [-0.2, 0) is 18.4 Å². The molecule has 2 saturated heterocycles. The van der Waals surface area contributed by atoms with E-state index in [9.17, 15) is 4.79 Å². The highest BCUT2D eigenvalue weighted by atomic mass is 16.5. The molecular formula is C23H27N7O2. The molecule has 166 valence electrons. The lowest BCUT2D eigenvalue weighted by atomic mass is 9.85. The summed E-state index contributed by atoms with van der Waals surface area (Å²) in [4.78, 5) is 28.2. The predicted molar refractivity (Wildman–Crippen MR) is 119 cm³/mol. The maximum absolute atomic E-state index is 13.5. The van der Waals surface area contributed by atoms with Crippen molar-refractivity contribution >= 4 is 11.9 Å². The second-order valence-corrected chi connectivity index (χ2v) is 8.63. The van der Waals surface area contributed by atoms with Gasteiger partial charge in [-0.25, -0.2) is 4.98 Å². The van der Waals surface area contributed by atoms with Gasteiger partial charge in [-0.05, 0) is 19.8 Å². The Morgan fingerprint density at radius 1 is 1.09 bits per heavy atom. The Kier molecular flexibility index (Phi) is 5.03. The SMILES string of the molecule is COc1cc(C)nc(N2CCC3(CCN(Cc4nn(C)nc4-c4ccccc4)C3=O)C2)n1. The number of aromatic nitrogens is 5. The van der Waals surface area contributed by atoms with E-state index in [1.807, 2.05) is 55.3 Å². The van der Waals surface area contributed by atoms with Gasteiger partial charge in [0.15, 0.2) is 0 Å². The van der Waals surface area contributed by atoms with E-state index in [1.165, 1.54) is 0 Å². The number of amides is 1. The van der Waals surface area contributed by atoms with Crippen molar-refractivity contribution in [2.24, 2.45) is 12.5 Å². The van der Waals surface area contributed by atoms with Gasteiger partial charge >= 0.3 is 0 Å². The third-order valence-electron chi connectivity index (χ3n) is 6.44. The number of hydrogen-bond acceptors (Lipinski definition) is 7. The number of likely N-dealkylation sites (tertiary alicyclic amines) is 1. The molecule has 2 aliphatic rings. The van der Waals surface area contributed by atoms with Gasteiger partial charge in [-0.1, -0.05) is 30.3 Å². The first-order chi connectivity index (χ1) is 15.5. The molecule has 1 aromatic carbocycles. The first-order valence-corrected chi connectivity index (χ1v) is 10.9. The van der Waals surface area contributed by atoms with Crippen LogP contribution in [-0.4, -0.2) is 62.5 Å². The minimum Gasteiger partial charge on any atom is -0.481 e. The molecule has 0 aliphatic carbocycles. The highest BCUT2D eigenvalue weighted by Crippen LogP contribution is 2.42. The van der Waals surface area contributed by atoms with E-state index in [4.69, 9.17) is 4.74 Å². The van der Waals surface area contributed by atoms with E-state index >= 15 is 0 Å². The molecule has 2 aromatic heterocycles. The third-order valence-corrected chi connectivity index (χ3v) is 6.44. The maximum atomic E-state index is 13.5. The van der Waals surface area contributed by atoms with Gasteiger partial charge in [0, 0.05) is 44.0 Å². The number of carbonyl (C=O) groups is 1. The number of methoxy groups -OCH3 is 1. The Bertz CT molecular complexity index is 1150. The minimum atomic E-state index is -0.393. The van der Waals surface area contributed by atoms with Crippen LogP contribution in [0.25, 0.3) is 11.3 Å². The van der Waals surface area contributed by atoms with E-state index in [2.05, 4.69) is 25.1 Å². The van der Waals surface area contributed by atoms with E-state index in [0.717, 1.165) is 48.6 Å². The van der Waals surface area contributed by atoms with Crippen molar-refractivity contribution in [3.8, 4) is 17.1 Å². The lowest BCUT2D eigenvalue weighted by molar-refractivity contribution is -0.135. The first kappa shape index (κ1) is 20.4. The lowest BCUT2D eigenvalue weighted by Crippen LogP contribution is -2.37. The van der Waals surface area contributed by atoms with Crippen molar-refractivity contribution in [2.75, 3.05) is 31.6 Å². The average molecular weight is 434 g/mol. The minimum absolute atomic E-state index is 0.185. The zero-order chi connectivity index (χ0) is 22.3. The topological polar surface area (TPSA) is 89.3 Å². The summed E-state index contributed by atoms with van der Waals surface area (Å²) >= 11 is 0. The smallest absolute Gasteiger partial charge is 0.231 e. The molecule has 0 saturated carbocycles. The largest absolute Gasteiger partial charge is 0.481 e. The number of hydrogen-bond donors (Lipinski definition) is 0. The molecule has 0 N–H and O–H groups in total. The summed E-state index contributed by atoms with van der Waals surface area (Å²) in [6.45, 7) is 4.49. The van der Waals surface area contributed by atoms with Crippen LogP contribution in [0.3, 0.4) is 0 Å². The van der Waals surface area contributed by atoms with Crippen LogP contribution >= 0.6 is 0 Å². The van der Waals surface area contributed by atoms with Crippen LogP contribution in [0.2, 0.25) is 0 Å². The Hall–Kier alpha value is -3.49. The third kappa shape index (κ3) is 3.57. The number of carbonyl (C=O) groups excluding carboxylic acids is 1. The maximum Gasteiger partial charge on any atom is 0.231 e. The molecule has 2 fully saturated rings. The van der Waals surface area contributed by atoms with Crippen molar-refractivity contribution < 1.29 is 9.53 Å². The lowest BCUT2D eigenvalue weighted by Gasteiger charge is -2.23. The zero-order valence-electron chi connectivity index (χ0n) is 18.7. The molecule has 9 heteroatoms. The molecule has 0 bridgehead atoms. The number of rotatable bonds is 5. The number of ether oxygens (including phenoxy) is 1. The number of benzene rings is 1. The fraction of sp³-hybridized carbons (Fsp3) is 0.435. The summed E-state index contributed by atoms with van der Waals surface area (Å²) in [5, 5.41) is 9.10. The number of anilines is 1. The summed E-state index contributed by atoms with van der Waals surface area (Å²) in [6.07, 6.45) is 1.63. The molecule has 1 unspecified atom stereocenters. The monoisotopic (exact) mass is 433 g/mol. The summed E-state index contributed by atoms with van der Waals surface area (Å²) in [6, 6.07) is 11.8. The van der Waals surface area contributed by atoms with Crippen LogP contribution in [0.5, 0.6) is 5.88 Å². The first-order valence-electron chi connectivity index (χ1n) is 10.9.